The van der Waals surface area contributed by atoms with Crippen LogP contribution in [-0.2, 0) is 0 Å². The highest BCUT2D eigenvalue weighted by Gasteiger charge is 2.22. The summed E-state index contributed by atoms with van der Waals surface area (Å²) in [6, 6.07) is 0.859. The van der Waals surface area contributed by atoms with E-state index in [1.54, 1.807) is 0 Å². The normalized spacial score (nSPS) is 25.4. The van der Waals surface area contributed by atoms with Crippen molar-refractivity contribution in [2.75, 3.05) is 18.4 Å². The first-order valence-corrected chi connectivity index (χ1v) is 7.70. The van der Waals surface area contributed by atoms with Gasteiger partial charge in [0.05, 0.1) is 0 Å². The van der Waals surface area contributed by atoms with Crippen molar-refractivity contribution in [1.29, 1.82) is 0 Å². The number of rotatable bonds is 6. The molecule has 0 spiro atoms. The van der Waals surface area contributed by atoms with Crippen molar-refractivity contribution in [3.8, 4) is 0 Å². The minimum Gasteiger partial charge on any atom is -0.300 e. The molecule has 0 saturated carbocycles. The van der Waals surface area contributed by atoms with Gasteiger partial charge in [-0.15, -0.1) is 0 Å². The van der Waals surface area contributed by atoms with Crippen LogP contribution in [0.15, 0.2) is 0 Å². The molecule has 2 unspecified atom stereocenters. The van der Waals surface area contributed by atoms with Gasteiger partial charge in [-0.05, 0) is 38.1 Å². The molecule has 1 rings (SSSR count). The molecule has 1 saturated heterocycles. The summed E-state index contributed by atoms with van der Waals surface area (Å²) in [5.74, 6) is 0.880. The number of piperidine rings is 1. The number of nitrogens with zero attached hydrogens (tertiary/aromatic N) is 1. The predicted octanol–water partition coefficient (Wildman–Crippen LogP) is 4.06. The minimum atomic E-state index is 0.859. The third-order valence-electron chi connectivity index (χ3n) is 3.52. The highest BCUT2D eigenvalue weighted by molar-refractivity contribution is 9.09. The fourth-order valence-corrected chi connectivity index (χ4v) is 3.27. The first-order chi connectivity index (χ1) is 7.27. The lowest BCUT2D eigenvalue weighted by Crippen LogP contribution is -2.42. The van der Waals surface area contributed by atoms with Crippen molar-refractivity contribution in [3.63, 3.8) is 0 Å². The van der Waals surface area contributed by atoms with Gasteiger partial charge in [0.2, 0.25) is 0 Å². The lowest BCUT2D eigenvalue weighted by atomic mass is 9.97. The monoisotopic (exact) mass is 275 g/mol. The van der Waals surface area contributed by atoms with Gasteiger partial charge < -0.3 is 4.90 Å². The molecule has 0 aromatic heterocycles. The van der Waals surface area contributed by atoms with E-state index in [4.69, 9.17) is 0 Å². The Hall–Kier alpha value is 0.440. The summed E-state index contributed by atoms with van der Waals surface area (Å²) in [7, 11) is 0. The second kappa shape index (κ2) is 7.67. The largest absolute Gasteiger partial charge is 0.300 e. The number of alkyl halides is 1. The summed E-state index contributed by atoms with van der Waals surface area (Å²) in [5, 5.41) is 1.16. The van der Waals surface area contributed by atoms with Crippen molar-refractivity contribution >= 4 is 15.9 Å². The predicted molar refractivity (Wildman–Crippen MR) is 71.7 cm³/mol. The van der Waals surface area contributed by atoms with E-state index in [0.29, 0.717) is 0 Å². The van der Waals surface area contributed by atoms with E-state index < -0.39 is 0 Å². The highest BCUT2D eigenvalue weighted by Crippen LogP contribution is 2.22. The molecule has 1 heterocycles. The molecule has 1 fully saturated rings. The maximum absolute atomic E-state index is 3.58. The van der Waals surface area contributed by atoms with Crippen LogP contribution < -0.4 is 0 Å². The Bertz CT molecular complexity index is 159. The molecule has 0 N–H and O–H groups in total. The summed E-state index contributed by atoms with van der Waals surface area (Å²) in [6.45, 7) is 7.36. The SMILES string of the molecule is CCCC(C)CN1CCCCC1CCBr. The lowest BCUT2D eigenvalue weighted by molar-refractivity contribution is 0.124. The number of halogens is 1. The molecule has 1 aliphatic rings. The van der Waals surface area contributed by atoms with Crippen molar-refractivity contribution in [2.45, 2.75) is 58.4 Å². The summed E-state index contributed by atoms with van der Waals surface area (Å²) in [4.78, 5) is 2.74. The van der Waals surface area contributed by atoms with Gasteiger partial charge in [0, 0.05) is 17.9 Å². The second-order valence-corrected chi connectivity index (χ2v) is 5.81. The van der Waals surface area contributed by atoms with Gasteiger partial charge in [-0.3, -0.25) is 0 Å². The fourth-order valence-electron chi connectivity index (χ4n) is 2.74. The molecule has 0 radical (unpaired) electrons. The smallest absolute Gasteiger partial charge is 0.0103 e. The molecule has 15 heavy (non-hydrogen) atoms. The summed E-state index contributed by atoms with van der Waals surface area (Å²) in [6.07, 6.45) is 8.33. The molecule has 1 aliphatic heterocycles. The van der Waals surface area contributed by atoms with Crippen LogP contribution in [0.25, 0.3) is 0 Å². The van der Waals surface area contributed by atoms with E-state index in [1.807, 2.05) is 0 Å². The molecule has 2 atom stereocenters. The molecule has 1 nitrogen and oxygen atoms in total. The Kier molecular flexibility index (Phi) is 6.91. The van der Waals surface area contributed by atoms with Crippen molar-refractivity contribution in [1.82, 2.24) is 4.90 Å². The van der Waals surface area contributed by atoms with E-state index in [1.165, 1.54) is 51.6 Å². The zero-order valence-corrected chi connectivity index (χ0v) is 11.9. The topological polar surface area (TPSA) is 3.24 Å². The van der Waals surface area contributed by atoms with Crippen LogP contribution in [0.3, 0.4) is 0 Å². The van der Waals surface area contributed by atoms with Gasteiger partial charge >= 0.3 is 0 Å². The van der Waals surface area contributed by atoms with Crippen LogP contribution in [-0.4, -0.2) is 29.4 Å². The molecule has 0 aromatic rings. The Balaban J connectivity index is 2.34. The zero-order chi connectivity index (χ0) is 11.1. The fraction of sp³-hybridized carbons (Fsp3) is 1.00. The first-order valence-electron chi connectivity index (χ1n) is 6.58. The Morgan fingerprint density at radius 1 is 1.40 bits per heavy atom. The van der Waals surface area contributed by atoms with Crippen molar-refractivity contribution in [2.24, 2.45) is 5.92 Å². The molecule has 0 amide bonds. The van der Waals surface area contributed by atoms with E-state index >= 15 is 0 Å². The van der Waals surface area contributed by atoms with Crippen LogP contribution >= 0.6 is 15.9 Å². The Morgan fingerprint density at radius 2 is 2.20 bits per heavy atom. The van der Waals surface area contributed by atoms with Crippen molar-refractivity contribution in [3.05, 3.63) is 0 Å². The van der Waals surface area contributed by atoms with Crippen molar-refractivity contribution < 1.29 is 0 Å². The van der Waals surface area contributed by atoms with E-state index in [9.17, 15) is 0 Å². The summed E-state index contributed by atoms with van der Waals surface area (Å²) >= 11 is 3.58. The highest BCUT2D eigenvalue weighted by atomic mass is 79.9. The van der Waals surface area contributed by atoms with E-state index in [0.717, 1.165) is 17.3 Å². The van der Waals surface area contributed by atoms with Crippen LogP contribution in [0.4, 0.5) is 0 Å². The zero-order valence-electron chi connectivity index (χ0n) is 10.3. The van der Waals surface area contributed by atoms with Gasteiger partial charge in [-0.1, -0.05) is 42.6 Å². The number of likely N-dealkylation sites (tertiary alicyclic amines) is 1. The van der Waals surface area contributed by atoms with Gasteiger partial charge in [0.1, 0.15) is 0 Å². The molecule has 0 aromatic carbocycles. The maximum atomic E-state index is 3.58. The molecule has 0 aliphatic carbocycles. The average molecular weight is 276 g/mol. The van der Waals surface area contributed by atoms with Gasteiger partial charge in [0.15, 0.2) is 0 Å². The van der Waals surface area contributed by atoms with Crippen LogP contribution in [0.2, 0.25) is 0 Å². The third kappa shape index (κ3) is 4.86. The minimum absolute atomic E-state index is 0.859. The van der Waals surface area contributed by atoms with Crippen LogP contribution in [0.5, 0.6) is 0 Å². The average Bonchev–Trinajstić information content (AvgIpc) is 2.21. The lowest BCUT2D eigenvalue weighted by Gasteiger charge is -2.37. The maximum Gasteiger partial charge on any atom is 0.0103 e. The van der Waals surface area contributed by atoms with E-state index in [2.05, 4.69) is 34.7 Å². The molecular weight excluding hydrogens is 250 g/mol. The standard InChI is InChI=1S/C13H26BrN/c1-3-6-12(2)11-15-10-5-4-7-13(15)8-9-14/h12-13H,3-11H2,1-2H3. The Morgan fingerprint density at radius 3 is 2.87 bits per heavy atom. The van der Waals surface area contributed by atoms with Crippen LogP contribution in [0, 0.1) is 5.92 Å². The summed E-state index contributed by atoms with van der Waals surface area (Å²) in [5.41, 5.74) is 0. The van der Waals surface area contributed by atoms with Gasteiger partial charge in [-0.25, -0.2) is 0 Å². The van der Waals surface area contributed by atoms with Gasteiger partial charge in [-0.2, -0.15) is 0 Å². The second-order valence-electron chi connectivity index (χ2n) is 5.02. The Labute approximate surface area is 104 Å². The van der Waals surface area contributed by atoms with E-state index in [-0.39, 0.29) is 0 Å². The summed E-state index contributed by atoms with van der Waals surface area (Å²) < 4.78 is 0. The molecular formula is C13H26BrN. The van der Waals surface area contributed by atoms with Crippen LogP contribution in [0.1, 0.15) is 52.4 Å². The third-order valence-corrected chi connectivity index (χ3v) is 3.98. The molecule has 2 heteroatoms. The molecule has 0 bridgehead atoms. The number of hydrogen-bond acceptors (Lipinski definition) is 1. The number of hydrogen-bond donors (Lipinski definition) is 0. The molecule has 90 valence electrons. The quantitative estimate of drug-likeness (QED) is 0.661. The van der Waals surface area contributed by atoms with Gasteiger partial charge in [0.25, 0.3) is 0 Å². The first kappa shape index (κ1) is 13.5.